The number of carbonyl (C=O) groups is 2. The summed E-state index contributed by atoms with van der Waals surface area (Å²) in [5, 5.41) is 4.43. The Bertz CT molecular complexity index is 794. The van der Waals surface area contributed by atoms with Gasteiger partial charge in [-0.15, -0.1) is 0 Å². The minimum atomic E-state index is -0.681. The first kappa shape index (κ1) is 17.8. The molecule has 4 N–H and O–H groups in total. The van der Waals surface area contributed by atoms with Gasteiger partial charge in [0.2, 0.25) is 0 Å². The van der Waals surface area contributed by atoms with Crippen LogP contribution in [0.4, 0.5) is 0 Å². The highest BCUT2D eigenvalue weighted by Gasteiger charge is 2.22. The summed E-state index contributed by atoms with van der Waals surface area (Å²) in [6.07, 6.45) is 5.46. The zero-order chi connectivity index (χ0) is 18.0. The van der Waals surface area contributed by atoms with Crippen molar-refractivity contribution in [2.45, 2.75) is 51.1 Å². The molecule has 0 aliphatic heterocycles. The van der Waals surface area contributed by atoms with Gasteiger partial charge in [-0.05, 0) is 44.0 Å². The standard InChI is InChI=1S/C18H23ClN4O2/c1-11(20)17(24)22-23-15-8-7-13(19)9-12(15)10-16(23)18(25)21-14-5-3-2-4-6-14/h7-11,14H,2-6,20H2,1H3,(H,21,25)(H,22,24). The van der Waals surface area contributed by atoms with Crippen molar-refractivity contribution in [3.05, 3.63) is 35.0 Å². The summed E-state index contributed by atoms with van der Waals surface area (Å²) in [4.78, 5) is 24.9. The second-order valence-electron chi connectivity index (χ2n) is 6.64. The molecular formula is C18H23ClN4O2. The first-order valence-corrected chi connectivity index (χ1v) is 9.02. The van der Waals surface area contributed by atoms with Crippen molar-refractivity contribution in [2.24, 2.45) is 5.73 Å². The number of nitrogens with two attached hydrogens (primary N) is 1. The van der Waals surface area contributed by atoms with Gasteiger partial charge in [0.25, 0.3) is 11.8 Å². The number of amides is 2. The molecule has 3 rings (SSSR count). The molecule has 7 heteroatoms. The Morgan fingerprint density at radius 3 is 2.64 bits per heavy atom. The molecule has 1 aliphatic carbocycles. The van der Waals surface area contributed by atoms with E-state index in [1.165, 1.54) is 11.1 Å². The molecule has 0 radical (unpaired) electrons. The van der Waals surface area contributed by atoms with Crippen LogP contribution >= 0.6 is 11.6 Å². The first-order chi connectivity index (χ1) is 12.0. The Morgan fingerprint density at radius 1 is 1.24 bits per heavy atom. The highest BCUT2D eigenvalue weighted by molar-refractivity contribution is 6.31. The second kappa shape index (κ2) is 7.45. The third-order valence-electron chi connectivity index (χ3n) is 4.57. The number of halogens is 1. The minimum Gasteiger partial charge on any atom is -0.348 e. The molecular weight excluding hydrogens is 340 g/mol. The van der Waals surface area contributed by atoms with Crippen molar-refractivity contribution >= 4 is 34.3 Å². The van der Waals surface area contributed by atoms with Crippen molar-refractivity contribution in [1.29, 1.82) is 0 Å². The molecule has 1 saturated carbocycles. The Kier molecular flexibility index (Phi) is 5.30. The van der Waals surface area contributed by atoms with Gasteiger partial charge in [0.05, 0.1) is 11.6 Å². The number of nitrogens with one attached hydrogen (secondary N) is 2. The van der Waals surface area contributed by atoms with E-state index in [4.69, 9.17) is 17.3 Å². The maximum atomic E-state index is 12.8. The summed E-state index contributed by atoms with van der Waals surface area (Å²) in [5.74, 6) is -0.566. The zero-order valence-electron chi connectivity index (χ0n) is 14.2. The lowest BCUT2D eigenvalue weighted by molar-refractivity contribution is -0.117. The van der Waals surface area contributed by atoms with Crippen LogP contribution in [0.25, 0.3) is 10.9 Å². The van der Waals surface area contributed by atoms with Crippen LogP contribution in [-0.2, 0) is 4.79 Å². The van der Waals surface area contributed by atoms with Gasteiger partial charge < -0.3 is 11.1 Å². The summed E-state index contributed by atoms with van der Waals surface area (Å²) in [6, 6.07) is 6.50. The van der Waals surface area contributed by atoms with E-state index < -0.39 is 6.04 Å². The molecule has 1 atom stereocenters. The average molecular weight is 363 g/mol. The fraction of sp³-hybridized carbons (Fsp3) is 0.444. The number of hydrogen-bond donors (Lipinski definition) is 3. The van der Waals surface area contributed by atoms with Crippen molar-refractivity contribution in [2.75, 3.05) is 5.43 Å². The van der Waals surface area contributed by atoms with Crippen LogP contribution in [-0.4, -0.2) is 28.6 Å². The van der Waals surface area contributed by atoms with Gasteiger partial charge in [-0.1, -0.05) is 30.9 Å². The molecule has 2 aromatic rings. The molecule has 25 heavy (non-hydrogen) atoms. The molecule has 0 spiro atoms. The van der Waals surface area contributed by atoms with Gasteiger partial charge >= 0.3 is 0 Å². The molecule has 6 nitrogen and oxygen atoms in total. The Morgan fingerprint density at radius 2 is 1.96 bits per heavy atom. The predicted molar refractivity (Wildman–Crippen MR) is 99.3 cm³/mol. The highest BCUT2D eigenvalue weighted by atomic mass is 35.5. The predicted octanol–water partition coefficient (Wildman–Crippen LogP) is 2.77. The van der Waals surface area contributed by atoms with Crippen molar-refractivity contribution in [3.63, 3.8) is 0 Å². The normalized spacial score (nSPS) is 16.6. The molecule has 1 aromatic heterocycles. The number of aromatic nitrogens is 1. The summed E-state index contributed by atoms with van der Waals surface area (Å²) in [6.45, 7) is 1.60. The number of nitrogens with zero attached hydrogens (tertiary/aromatic N) is 1. The van der Waals surface area contributed by atoms with Gasteiger partial charge in [0.15, 0.2) is 0 Å². The van der Waals surface area contributed by atoms with Crippen LogP contribution in [0.5, 0.6) is 0 Å². The Balaban J connectivity index is 1.94. The lowest BCUT2D eigenvalue weighted by Crippen LogP contribution is -2.41. The summed E-state index contributed by atoms with van der Waals surface area (Å²) in [7, 11) is 0. The summed E-state index contributed by atoms with van der Waals surface area (Å²) >= 11 is 6.05. The third kappa shape index (κ3) is 3.96. The molecule has 2 amide bonds. The van der Waals surface area contributed by atoms with E-state index >= 15 is 0 Å². The number of benzene rings is 1. The smallest absolute Gasteiger partial charge is 0.270 e. The minimum absolute atomic E-state index is 0.181. The van der Waals surface area contributed by atoms with Crippen LogP contribution in [0.2, 0.25) is 5.02 Å². The third-order valence-corrected chi connectivity index (χ3v) is 4.81. The molecule has 134 valence electrons. The van der Waals surface area contributed by atoms with E-state index in [2.05, 4.69) is 10.7 Å². The van der Waals surface area contributed by atoms with Crippen LogP contribution in [0.3, 0.4) is 0 Å². The SMILES string of the molecule is CC(N)C(=O)Nn1c(C(=O)NC2CCCCC2)cc2cc(Cl)ccc21. The maximum absolute atomic E-state index is 12.8. The van der Waals surface area contributed by atoms with E-state index in [9.17, 15) is 9.59 Å². The van der Waals surface area contributed by atoms with E-state index in [0.29, 0.717) is 16.2 Å². The topological polar surface area (TPSA) is 89.2 Å². The van der Waals surface area contributed by atoms with Crippen molar-refractivity contribution in [1.82, 2.24) is 9.99 Å². The summed E-state index contributed by atoms with van der Waals surface area (Å²) in [5.41, 5.74) is 9.44. The van der Waals surface area contributed by atoms with E-state index in [-0.39, 0.29) is 17.9 Å². The van der Waals surface area contributed by atoms with Crippen LogP contribution < -0.4 is 16.5 Å². The van der Waals surface area contributed by atoms with E-state index in [1.54, 1.807) is 31.2 Å². The van der Waals surface area contributed by atoms with Gasteiger partial charge in [0.1, 0.15) is 5.69 Å². The molecule has 0 bridgehead atoms. The molecule has 1 heterocycles. The van der Waals surface area contributed by atoms with Gasteiger partial charge in [0, 0.05) is 16.5 Å². The second-order valence-corrected chi connectivity index (χ2v) is 7.08. The highest BCUT2D eigenvalue weighted by Crippen LogP contribution is 2.24. The van der Waals surface area contributed by atoms with Crippen LogP contribution in [0, 0.1) is 0 Å². The molecule has 1 aliphatic rings. The largest absolute Gasteiger partial charge is 0.348 e. The number of hydrogen-bond acceptors (Lipinski definition) is 3. The molecule has 0 saturated heterocycles. The monoisotopic (exact) mass is 362 g/mol. The molecule has 1 unspecified atom stereocenters. The number of rotatable bonds is 4. The van der Waals surface area contributed by atoms with Gasteiger partial charge in [-0.2, -0.15) is 0 Å². The fourth-order valence-corrected chi connectivity index (χ4v) is 3.37. The van der Waals surface area contributed by atoms with Crippen molar-refractivity contribution < 1.29 is 9.59 Å². The maximum Gasteiger partial charge on any atom is 0.270 e. The van der Waals surface area contributed by atoms with Crippen LogP contribution in [0.15, 0.2) is 24.3 Å². The zero-order valence-corrected chi connectivity index (χ0v) is 15.0. The van der Waals surface area contributed by atoms with E-state index in [1.807, 2.05) is 0 Å². The molecule has 1 aromatic carbocycles. The van der Waals surface area contributed by atoms with Gasteiger partial charge in [-0.3, -0.25) is 15.0 Å². The first-order valence-electron chi connectivity index (χ1n) is 8.64. The lowest BCUT2D eigenvalue weighted by Gasteiger charge is -2.23. The average Bonchev–Trinajstić information content (AvgIpc) is 2.93. The summed E-state index contributed by atoms with van der Waals surface area (Å²) < 4.78 is 1.50. The van der Waals surface area contributed by atoms with Crippen LogP contribution in [0.1, 0.15) is 49.5 Å². The molecule has 1 fully saturated rings. The quantitative estimate of drug-likeness (QED) is 0.781. The lowest BCUT2D eigenvalue weighted by atomic mass is 9.95. The number of carbonyl (C=O) groups excluding carboxylic acids is 2. The van der Waals surface area contributed by atoms with Gasteiger partial charge in [-0.25, -0.2) is 4.68 Å². The Hall–Kier alpha value is -2.05. The van der Waals surface area contributed by atoms with Crippen molar-refractivity contribution in [3.8, 4) is 0 Å². The van der Waals surface area contributed by atoms with E-state index in [0.717, 1.165) is 31.1 Å². The fourth-order valence-electron chi connectivity index (χ4n) is 3.19. The Labute approximate surface area is 151 Å². The number of fused-ring (bicyclic) bond motifs is 1.